The van der Waals surface area contributed by atoms with Crippen LogP contribution in [0.4, 0.5) is 5.69 Å². The number of ether oxygens (including phenoxy) is 1. The highest BCUT2D eigenvalue weighted by molar-refractivity contribution is 6.33. The Morgan fingerprint density at radius 3 is 2.71 bits per heavy atom. The molecule has 3 nitrogen and oxygen atoms in total. The zero-order valence-corrected chi connectivity index (χ0v) is 9.21. The summed E-state index contributed by atoms with van der Waals surface area (Å²) in [6, 6.07) is 5.29. The fourth-order valence-electron chi connectivity index (χ4n) is 0.944. The van der Waals surface area contributed by atoms with Crippen LogP contribution in [0.15, 0.2) is 18.2 Å². The molecule has 1 rings (SSSR count). The molecule has 0 unspecified atom stereocenters. The first-order chi connectivity index (χ1) is 6.59. The van der Waals surface area contributed by atoms with Gasteiger partial charge in [-0.2, -0.15) is 0 Å². The monoisotopic (exact) mass is 214 g/mol. The molecule has 0 atom stereocenters. The number of benzene rings is 1. The number of nitrogens with two attached hydrogens (primary N) is 1. The highest BCUT2D eigenvalue weighted by atomic mass is 35.5. The molecule has 0 radical (unpaired) electrons. The van der Waals surface area contributed by atoms with Gasteiger partial charge in [-0.25, -0.2) is 0 Å². The average molecular weight is 215 g/mol. The van der Waals surface area contributed by atoms with Crippen molar-refractivity contribution in [2.24, 2.45) is 0 Å². The van der Waals surface area contributed by atoms with Crippen molar-refractivity contribution < 1.29 is 4.74 Å². The minimum Gasteiger partial charge on any atom is -0.492 e. The van der Waals surface area contributed by atoms with Crippen LogP contribution >= 0.6 is 11.6 Å². The maximum Gasteiger partial charge on any atom is 0.121 e. The van der Waals surface area contributed by atoms with Gasteiger partial charge in [0.15, 0.2) is 0 Å². The predicted molar refractivity (Wildman–Crippen MR) is 59.9 cm³/mol. The molecular weight excluding hydrogens is 200 g/mol. The Bertz CT molecular complexity index is 302. The van der Waals surface area contributed by atoms with Gasteiger partial charge >= 0.3 is 0 Å². The van der Waals surface area contributed by atoms with E-state index in [9.17, 15) is 0 Å². The van der Waals surface area contributed by atoms with E-state index in [2.05, 4.69) is 4.90 Å². The largest absolute Gasteiger partial charge is 0.492 e. The first-order valence-corrected chi connectivity index (χ1v) is 4.80. The van der Waals surface area contributed by atoms with Crippen LogP contribution in [0.1, 0.15) is 0 Å². The van der Waals surface area contributed by atoms with Crippen LogP contribution in [-0.4, -0.2) is 32.1 Å². The van der Waals surface area contributed by atoms with Gasteiger partial charge < -0.3 is 15.4 Å². The summed E-state index contributed by atoms with van der Waals surface area (Å²) in [7, 11) is 4.00. The summed E-state index contributed by atoms with van der Waals surface area (Å²) in [6.45, 7) is 1.52. The summed E-state index contributed by atoms with van der Waals surface area (Å²) < 4.78 is 5.47. The van der Waals surface area contributed by atoms with Gasteiger partial charge in [-0.05, 0) is 26.2 Å². The van der Waals surface area contributed by atoms with Crippen LogP contribution in [0.25, 0.3) is 0 Å². The smallest absolute Gasteiger partial charge is 0.121 e. The third-order valence-corrected chi connectivity index (χ3v) is 2.11. The van der Waals surface area contributed by atoms with E-state index in [-0.39, 0.29) is 0 Å². The highest BCUT2D eigenvalue weighted by Crippen LogP contribution is 2.23. The van der Waals surface area contributed by atoms with E-state index in [0.29, 0.717) is 17.3 Å². The zero-order valence-electron chi connectivity index (χ0n) is 8.46. The van der Waals surface area contributed by atoms with Crippen molar-refractivity contribution in [1.82, 2.24) is 4.90 Å². The summed E-state index contributed by atoms with van der Waals surface area (Å²) in [6.07, 6.45) is 0. The maximum absolute atomic E-state index is 5.84. The lowest BCUT2D eigenvalue weighted by atomic mass is 10.3. The van der Waals surface area contributed by atoms with Gasteiger partial charge in [-0.1, -0.05) is 11.6 Å². The number of halogens is 1. The second-order valence-electron chi connectivity index (χ2n) is 3.34. The molecule has 0 aromatic heterocycles. The standard InChI is InChI=1S/C10H15ClN2O/c1-13(2)5-6-14-8-3-4-10(12)9(11)7-8/h3-4,7H,5-6,12H2,1-2H3. The van der Waals surface area contributed by atoms with E-state index in [1.54, 1.807) is 12.1 Å². The number of hydrogen-bond acceptors (Lipinski definition) is 3. The molecule has 1 aromatic carbocycles. The summed E-state index contributed by atoms with van der Waals surface area (Å²) in [5, 5.41) is 0.535. The van der Waals surface area contributed by atoms with Crippen LogP contribution in [0.5, 0.6) is 5.75 Å². The molecule has 0 amide bonds. The van der Waals surface area contributed by atoms with Gasteiger partial charge in [0.05, 0.1) is 10.7 Å². The van der Waals surface area contributed by atoms with E-state index in [1.165, 1.54) is 0 Å². The number of nitrogen functional groups attached to an aromatic ring is 1. The molecule has 4 heteroatoms. The Morgan fingerprint density at radius 2 is 2.14 bits per heavy atom. The molecule has 0 bridgehead atoms. The molecule has 0 saturated heterocycles. The van der Waals surface area contributed by atoms with Gasteiger partial charge in [0.1, 0.15) is 12.4 Å². The number of rotatable bonds is 4. The lowest BCUT2D eigenvalue weighted by Crippen LogP contribution is -2.19. The molecule has 0 saturated carbocycles. The van der Waals surface area contributed by atoms with Gasteiger partial charge in [-0.15, -0.1) is 0 Å². The summed E-state index contributed by atoms with van der Waals surface area (Å²) in [5.74, 6) is 0.756. The van der Waals surface area contributed by atoms with Crippen molar-refractivity contribution in [3.63, 3.8) is 0 Å². The summed E-state index contributed by atoms with van der Waals surface area (Å²) in [5.41, 5.74) is 6.15. The second-order valence-corrected chi connectivity index (χ2v) is 3.74. The minimum atomic E-state index is 0.535. The van der Waals surface area contributed by atoms with E-state index in [1.807, 2.05) is 20.2 Å². The molecule has 1 aromatic rings. The van der Waals surface area contributed by atoms with Crippen molar-refractivity contribution >= 4 is 17.3 Å². The normalized spacial score (nSPS) is 10.6. The molecule has 0 aliphatic carbocycles. The number of anilines is 1. The third-order valence-electron chi connectivity index (χ3n) is 1.78. The quantitative estimate of drug-likeness (QED) is 0.778. The lowest BCUT2D eigenvalue weighted by Gasteiger charge is -2.11. The second kappa shape index (κ2) is 5.08. The van der Waals surface area contributed by atoms with Crippen LogP contribution in [-0.2, 0) is 0 Å². The van der Waals surface area contributed by atoms with Crippen LogP contribution in [0, 0.1) is 0 Å². The van der Waals surface area contributed by atoms with E-state index in [0.717, 1.165) is 12.3 Å². The van der Waals surface area contributed by atoms with E-state index < -0.39 is 0 Å². The molecule has 14 heavy (non-hydrogen) atoms. The molecule has 78 valence electrons. The molecule has 0 aliphatic heterocycles. The topological polar surface area (TPSA) is 38.5 Å². The molecule has 0 heterocycles. The number of hydrogen-bond donors (Lipinski definition) is 1. The molecule has 0 aliphatic rings. The average Bonchev–Trinajstić information content (AvgIpc) is 2.10. The van der Waals surface area contributed by atoms with Gasteiger partial charge in [-0.3, -0.25) is 0 Å². The van der Waals surface area contributed by atoms with Crippen LogP contribution in [0.2, 0.25) is 5.02 Å². The summed E-state index contributed by atoms with van der Waals surface area (Å²) >= 11 is 5.84. The summed E-state index contributed by atoms with van der Waals surface area (Å²) in [4.78, 5) is 2.05. The number of likely N-dealkylation sites (N-methyl/N-ethyl adjacent to an activating group) is 1. The first kappa shape index (κ1) is 11.1. The van der Waals surface area contributed by atoms with E-state index in [4.69, 9.17) is 22.1 Å². The van der Waals surface area contributed by atoms with Crippen molar-refractivity contribution in [2.75, 3.05) is 33.0 Å². The Kier molecular flexibility index (Phi) is 4.04. The maximum atomic E-state index is 5.84. The molecular formula is C10H15ClN2O. The minimum absolute atomic E-state index is 0.535. The fourth-order valence-corrected chi connectivity index (χ4v) is 1.11. The predicted octanol–water partition coefficient (Wildman–Crippen LogP) is 1.86. The SMILES string of the molecule is CN(C)CCOc1ccc(N)c(Cl)c1. The zero-order chi connectivity index (χ0) is 10.6. The Hall–Kier alpha value is -0.930. The van der Waals surface area contributed by atoms with Gasteiger partial charge in [0.25, 0.3) is 0 Å². The fraction of sp³-hybridized carbons (Fsp3) is 0.400. The van der Waals surface area contributed by atoms with Crippen molar-refractivity contribution in [1.29, 1.82) is 0 Å². The van der Waals surface area contributed by atoms with Gasteiger partial charge in [0, 0.05) is 12.6 Å². The molecule has 0 fully saturated rings. The molecule has 2 N–H and O–H groups in total. The van der Waals surface area contributed by atoms with Gasteiger partial charge in [0.2, 0.25) is 0 Å². The van der Waals surface area contributed by atoms with Crippen molar-refractivity contribution in [3.05, 3.63) is 23.2 Å². The van der Waals surface area contributed by atoms with Crippen LogP contribution in [0.3, 0.4) is 0 Å². The Balaban J connectivity index is 2.47. The number of nitrogens with zero attached hydrogens (tertiary/aromatic N) is 1. The van der Waals surface area contributed by atoms with E-state index >= 15 is 0 Å². The van der Waals surface area contributed by atoms with Crippen molar-refractivity contribution in [3.8, 4) is 5.75 Å². The van der Waals surface area contributed by atoms with Crippen LogP contribution < -0.4 is 10.5 Å². The molecule has 0 spiro atoms. The Morgan fingerprint density at radius 1 is 1.43 bits per heavy atom. The highest BCUT2D eigenvalue weighted by Gasteiger charge is 1.99. The van der Waals surface area contributed by atoms with Crippen molar-refractivity contribution in [2.45, 2.75) is 0 Å². The lowest BCUT2D eigenvalue weighted by molar-refractivity contribution is 0.261. The Labute approximate surface area is 89.4 Å². The third kappa shape index (κ3) is 3.44. The first-order valence-electron chi connectivity index (χ1n) is 4.42.